The van der Waals surface area contributed by atoms with E-state index < -0.39 is 6.43 Å². The van der Waals surface area contributed by atoms with Gasteiger partial charge in [0.1, 0.15) is 5.75 Å². The molecule has 0 fully saturated rings. The lowest BCUT2D eigenvalue weighted by molar-refractivity contribution is 0.151. The molecule has 62 valence electrons. The first-order valence-electron chi connectivity index (χ1n) is 3.16. The summed E-state index contributed by atoms with van der Waals surface area (Å²) in [4.78, 5) is 0. The summed E-state index contributed by atoms with van der Waals surface area (Å²) in [5.41, 5.74) is -0.541. The largest absolute Gasteiger partial charge is 0.508 e. The predicted octanol–water partition coefficient (Wildman–Crippen LogP) is 2.20. The Morgan fingerprint density at radius 1 is 1.42 bits per heavy atom. The van der Waals surface area contributed by atoms with Gasteiger partial charge in [0.05, 0.1) is 11.6 Å². The molecule has 0 aliphatic rings. The van der Waals surface area contributed by atoms with Crippen LogP contribution < -0.4 is 0 Å². The molecule has 0 spiro atoms. The van der Waals surface area contributed by atoms with E-state index in [1.165, 1.54) is 0 Å². The van der Waals surface area contributed by atoms with Crippen molar-refractivity contribution in [3.05, 3.63) is 29.3 Å². The van der Waals surface area contributed by atoms with E-state index in [1.807, 2.05) is 0 Å². The van der Waals surface area contributed by atoms with Crippen molar-refractivity contribution in [1.29, 1.82) is 5.26 Å². The van der Waals surface area contributed by atoms with E-state index in [0.717, 1.165) is 18.2 Å². The summed E-state index contributed by atoms with van der Waals surface area (Å²) >= 11 is 0. The fourth-order valence-electron chi connectivity index (χ4n) is 0.831. The molecule has 0 heterocycles. The molecule has 2 nitrogen and oxygen atoms in total. The number of nitrogens with zero attached hydrogens (tertiary/aromatic N) is 1. The minimum absolute atomic E-state index is 0.184. The molecule has 0 aromatic heterocycles. The van der Waals surface area contributed by atoms with Crippen LogP contribution in [0, 0.1) is 11.3 Å². The van der Waals surface area contributed by atoms with E-state index in [9.17, 15) is 8.78 Å². The molecule has 0 saturated heterocycles. The van der Waals surface area contributed by atoms with Crippen LogP contribution in [0.15, 0.2) is 18.2 Å². The highest BCUT2D eigenvalue weighted by Crippen LogP contribution is 2.25. The average Bonchev–Trinajstić information content (AvgIpc) is 2.03. The molecule has 0 saturated carbocycles. The van der Waals surface area contributed by atoms with E-state index in [2.05, 4.69) is 0 Å². The van der Waals surface area contributed by atoms with E-state index in [1.54, 1.807) is 6.07 Å². The predicted molar refractivity (Wildman–Crippen MR) is 37.8 cm³/mol. The summed E-state index contributed by atoms with van der Waals surface area (Å²) in [5.74, 6) is -0.184. The molecular formula is C8H5F2NO. The van der Waals surface area contributed by atoms with Gasteiger partial charge < -0.3 is 5.11 Å². The van der Waals surface area contributed by atoms with Crippen molar-refractivity contribution in [2.45, 2.75) is 6.43 Å². The van der Waals surface area contributed by atoms with Gasteiger partial charge in [-0.3, -0.25) is 0 Å². The van der Waals surface area contributed by atoms with Crippen LogP contribution in [-0.2, 0) is 0 Å². The number of halogens is 2. The number of rotatable bonds is 1. The number of hydrogen-bond donors (Lipinski definition) is 1. The first-order valence-corrected chi connectivity index (χ1v) is 3.16. The monoisotopic (exact) mass is 169 g/mol. The van der Waals surface area contributed by atoms with Gasteiger partial charge in [-0.15, -0.1) is 0 Å². The van der Waals surface area contributed by atoms with Gasteiger partial charge in [0.2, 0.25) is 0 Å². The van der Waals surface area contributed by atoms with Gasteiger partial charge in [-0.25, -0.2) is 8.78 Å². The van der Waals surface area contributed by atoms with Crippen LogP contribution in [0.4, 0.5) is 8.78 Å². The number of phenols is 1. The van der Waals surface area contributed by atoms with Gasteiger partial charge in [-0.05, 0) is 18.2 Å². The molecule has 0 atom stereocenters. The standard InChI is InChI=1S/C8H5F2NO/c9-8(10)7-2-1-6(12)3-5(7)4-11/h1-3,8,12H. The van der Waals surface area contributed by atoms with E-state index in [-0.39, 0.29) is 16.9 Å². The highest BCUT2D eigenvalue weighted by atomic mass is 19.3. The van der Waals surface area contributed by atoms with E-state index in [0.29, 0.717) is 0 Å². The van der Waals surface area contributed by atoms with Crippen LogP contribution >= 0.6 is 0 Å². The fraction of sp³-hybridized carbons (Fsp3) is 0.125. The lowest BCUT2D eigenvalue weighted by atomic mass is 10.1. The number of alkyl halides is 2. The van der Waals surface area contributed by atoms with Gasteiger partial charge >= 0.3 is 0 Å². The molecule has 0 amide bonds. The molecule has 4 heteroatoms. The Morgan fingerprint density at radius 3 is 2.58 bits per heavy atom. The molecule has 12 heavy (non-hydrogen) atoms. The summed E-state index contributed by atoms with van der Waals surface area (Å²) in [6.07, 6.45) is -2.68. The van der Waals surface area contributed by atoms with Crippen molar-refractivity contribution in [1.82, 2.24) is 0 Å². The van der Waals surface area contributed by atoms with Gasteiger partial charge in [-0.1, -0.05) is 0 Å². The molecule has 1 aromatic carbocycles. The van der Waals surface area contributed by atoms with Crippen molar-refractivity contribution in [3.63, 3.8) is 0 Å². The topological polar surface area (TPSA) is 44.0 Å². The van der Waals surface area contributed by atoms with Crippen LogP contribution in [0.5, 0.6) is 5.75 Å². The molecular weight excluding hydrogens is 164 g/mol. The number of aromatic hydroxyl groups is 1. The maximum absolute atomic E-state index is 12.1. The highest BCUT2D eigenvalue weighted by molar-refractivity contribution is 5.43. The average molecular weight is 169 g/mol. The molecule has 0 unspecified atom stereocenters. The molecule has 0 radical (unpaired) electrons. The zero-order chi connectivity index (χ0) is 9.14. The Kier molecular flexibility index (Phi) is 2.24. The minimum Gasteiger partial charge on any atom is -0.508 e. The Hall–Kier alpha value is -1.63. The summed E-state index contributed by atoms with van der Waals surface area (Å²) in [7, 11) is 0. The van der Waals surface area contributed by atoms with E-state index in [4.69, 9.17) is 10.4 Å². The van der Waals surface area contributed by atoms with Crippen LogP contribution in [-0.4, -0.2) is 5.11 Å². The van der Waals surface area contributed by atoms with Crippen LogP contribution in [0.1, 0.15) is 17.6 Å². The Labute approximate surface area is 67.7 Å². The van der Waals surface area contributed by atoms with Crippen molar-refractivity contribution < 1.29 is 13.9 Å². The molecule has 0 bridgehead atoms. The maximum Gasteiger partial charge on any atom is 0.265 e. The van der Waals surface area contributed by atoms with Gasteiger partial charge in [0, 0.05) is 5.56 Å². The van der Waals surface area contributed by atoms with Crippen LogP contribution in [0.3, 0.4) is 0 Å². The lowest BCUT2D eigenvalue weighted by Crippen LogP contribution is -1.88. The van der Waals surface area contributed by atoms with Gasteiger partial charge in [0.25, 0.3) is 6.43 Å². The van der Waals surface area contributed by atoms with Crippen molar-refractivity contribution >= 4 is 0 Å². The van der Waals surface area contributed by atoms with Gasteiger partial charge in [0.15, 0.2) is 0 Å². The van der Waals surface area contributed by atoms with Crippen LogP contribution in [0.2, 0.25) is 0 Å². The maximum atomic E-state index is 12.1. The second kappa shape index (κ2) is 3.18. The number of benzene rings is 1. The first kappa shape index (κ1) is 8.47. The molecule has 0 aliphatic carbocycles. The molecule has 0 aliphatic heterocycles. The van der Waals surface area contributed by atoms with E-state index >= 15 is 0 Å². The summed E-state index contributed by atoms with van der Waals surface area (Å²) in [6.45, 7) is 0. The van der Waals surface area contributed by atoms with Gasteiger partial charge in [-0.2, -0.15) is 5.26 Å². The number of hydrogen-bond acceptors (Lipinski definition) is 2. The summed E-state index contributed by atoms with van der Waals surface area (Å²) in [5, 5.41) is 17.3. The van der Waals surface area contributed by atoms with Crippen molar-refractivity contribution in [3.8, 4) is 11.8 Å². The third-order valence-corrected chi connectivity index (χ3v) is 1.39. The molecule has 1 aromatic rings. The molecule has 1 rings (SSSR count). The SMILES string of the molecule is N#Cc1cc(O)ccc1C(F)F. The van der Waals surface area contributed by atoms with Crippen molar-refractivity contribution in [2.75, 3.05) is 0 Å². The number of nitriles is 1. The second-order valence-electron chi connectivity index (χ2n) is 2.18. The zero-order valence-electron chi connectivity index (χ0n) is 5.96. The molecule has 1 N–H and O–H groups in total. The highest BCUT2D eigenvalue weighted by Gasteiger charge is 2.12. The third-order valence-electron chi connectivity index (χ3n) is 1.39. The third kappa shape index (κ3) is 1.51. The Bertz CT molecular complexity index is 330. The quantitative estimate of drug-likeness (QED) is 0.700. The summed E-state index contributed by atoms with van der Waals surface area (Å²) < 4.78 is 24.2. The summed E-state index contributed by atoms with van der Waals surface area (Å²) in [6, 6.07) is 4.76. The second-order valence-corrected chi connectivity index (χ2v) is 2.18. The first-order chi connectivity index (χ1) is 5.65. The minimum atomic E-state index is -2.68. The Balaban J connectivity index is 3.23. The van der Waals surface area contributed by atoms with Crippen LogP contribution in [0.25, 0.3) is 0 Å². The normalized spacial score (nSPS) is 9.83. The smallest absolute Gasteiger partial charge is 0.265 e. The lowest BCUT2D eigenvalue weighted by Gasteiger charge is -2.01. The zero-order valence-corrected chi connectivity index (χ0v) is 5.96. The Morgan fingerprint density at radius 2 is 2.08 bits per heavy atom. The fourth-order valence-corrected chi connectivity index (χ4v) is 0.831. The number of phenolic OH excluding ortho intramolecular Hbond substituents is 1. The van der Waals surface area contributed by atoms with Crippen molar-refractivity contribution in [2.24, 2.45) is 0 Å².